The Kier molecular flexibility index (Phi) is 4.90. The number of aliphatic hydroxyl groups is 1. The Bertz CT molecular complexity index is 405. The molecule has 94 valence electrons. The highest BCUT2D eigenvalue weighted by Crippen LogP contribution is 2.16. The first-order valence-corrected chi connectivity index (χ1v) is 6.48. The maximum absolute atomic E-state index is 11.7. The zero-order chi connectivity index (χ0) is 12.9. The van der Waals surface area contributed by atoms with E-state index in [-0.39, 0.29) is 12.5 Å². The van der Waals surface area contributed by atoms with Crippen molar-refractivity contribution in [1.82, 2.24) is 5.32 Å². The molecular formula is C13H19NO2S. The Morgan fingerprint density at radius 1 is 1.59 bits per heavy atom. The van der Waals surface area contributed by atoms with Crippen LogP contribution in [0.15, 0.2) is 18.2 Å². The van der Waals surface area contributed by atoms with Crippen LogP contribution in [0.25, 0.3) is 6.08 Å². The standard InChI is InChI=1S/C13H19NO2S/c1-4-13(3,9-15)14-12(16)8-7-11-6-5-10(2)17-11/h5-8,15H,4,9H2,1-3H3,(H,14,16). The van der Waals surface area contributed by atoms with Crippen LogP contribution in [0.2, 0.25) is 0 Å². The quantitative estimate of drug-likeness (QED) is 0.791. The lowest BCUT2D eigenvalue weighted by molar-refractivity contribution is -0.118. The first-order valence-electron chi connectivity index (χ1n) is 5.66. The van der Waals surface area contributed by atoms with E-state index in [9.17, 15) is 9.90 Å². The van der Waals surface area contributed by atoms with Crippen LogP contribution in [0.1, 0.15) is 30.0 Å². The maximum atomic E-state index is 11.7. The highest BCUT2D eigenvalue weighted by Gasteiger charge is 2.21. The van der Waals surface area contributed by atoms with Crippen LogP contribution in [-0.2, 0) is 4.79 Å². The number of thiophene rings is 1. The normalized spacial score (nSPS) is 14.8. The van der Waals surface area contributed by atoms with E-state index in [2.05, 4.69) is 5.32 Å². The zero-order valence-corrected chi connectivity index (χ0v) is 11.3. The molecule has 4 heteroatoms. The van der Waals surface area contributed by atoms with Gasteiger partial charge in [0, 0.05) is 15.8 Å². The summed E-state index contributed by atoms with van der Waals surface area (Å²) in [5.74, 6) is -0.172. The van der Waals surface area contributed by atoms with E-state index in [0.717, 1.165) is 4.88 Å². The average Bonchev–Trinajstić information content (AvgIpc) is 2.72. The number of carbonyl (C=O) groups is 1. The largest absolute Gasteiger partial charge is 0.394 e. The van der Waals surface area contributed by atoms with Crippen LogP contribution in [-0.4, -0.2) is 23.2 Å². The Labute approximate surface area is 106 Å². The summed E-state index contributed by atoms with van der Waals surface area (Å²) in [5, 5.41) is 12.0. The Hall–Kier alpha value is -1.13. The molecule has 0 aliphatic rings. The van der Waals surface area contributed by atoms with Gasteiger partial charge in [-0.1, -0.05) is 6.92 Å². The van der Waals surface area contributed by atoms with Gasteiger partial charge in [-0.25, -0.2) is 0 Å². The van der Waals surface area contributed by atoms with E-state index in [1.807, 2.05) is 32.9 Å². The summed E-state index contributed by atoms with van der Waals surface area (Å²) in [7, 11) is 0. The molecule has 0 aromatic carbocycles. The lowest BCUT2D eigenvalue weighted by Gasteiger charge is -2.26. The van der Waals surface area contributed by atoms with Crippen molar-refractivity contribution in [1.29, 1.82) is 0 Å². The third-order valence-electron chi connectivity index (χ3n) is 2.71. The number of amides is 1. The molecule has 1 unspecified atom stereocenters. The number of hydrogen-bond acceptors (Lipinski definition) is 3. The lowest BCUT2D eigenvalue weighted by atomic mass is 10.0. The summed E-state index contributed by atoms with van der Waals surface area (Å²) in [4.78, 5) is 13.9. The number of hydrogen-bond donors (Lipinski definition) is 2. The molecule has 1 aromatic rings. The van der Waals surface area contributed by atoms with Gasteiger partial charge in [-0.15, -0.1) is 11.3 Å². The molecule has 1 atom stereocenters. The maximum Gasteiger partial charge on any atom is 0.244 e. The van der Waals surface area contributed by atoms with Crippen LogP contribution in [0, 0.1) is 6.92 Å². The molecule has 0 aliphatic heterocycles. The number of aliphatic hydroxyl groups excluding tert-OH is 1. The van der Waals surface area contributed by atoms with Crippen LogP contribution in [0.3, 0.4) is 0 Å². The minimum Gasteiger partial charge on any atom is -0.394 e. The summed E-state index contributed by atoms with van der Waals surface area (Å²) in [6.07, 6.45) is 4.00. The van der Waals surface area contributed by atoms with E-state index >= 15 is 0 Å². The van der Waals surface area contributed by atoms with Gasteiger partial charge in [0.1, 0.15) is 0 Å². The molecule has 1 amide bonds. The van der Waals surface area contributed by atoms with Gasteiger partial charge in [0.15, 0.2) is 0 Å². The zero-order valence-electron chi connectivity index (χ0n) is 10.5. The summed E-state index contributed by atoms with van der Waals surface area (Å²) >= 11 is 1.64. The second-order valence-corrected chi connectivity index (χ2v) is 5.66. The first-order chi connectivity index (χ1) is 7.99. The van der Waals surface area contributed by atoms with Gasteiger partial charge in [0.25, 0.3) is 0 Å². The van der Waals surface area contributed by atoms with Crippen molar-refractivity contribution in [3.63, 3.8) is 0 Å². The van der Waals surface area contributed by atoms with Crippen molar-refractivity contribution in [2.75, 3.05) is 6.61 Å². The molecule has 0 bridgehead atoms. The number of aryl methyl sites for hydroxylation is 1. The molecule has 0 spiro atoms. The van der Waals surface area contributed by atoms with Crippen molar-refractivity contribution < 1.29 is 9.90 Å². The molecule has 0 saturated heterocycles. The Balaban J connectivity index is 2.58. The summed E-state index contributed by atoms with van der Waals surface area (Å²) in [6, 6.07) is 4.00. The molecule has 3 nitrogen and oxygen atoms in total. The van der Waals surface area contributed by atoms with Crippen molar-refractivity contribution in [3.05, 3.63) is 28.0 Å². The number of carbonyl (C=O) groups excluding carboxylic acids is 1. The third kappa shape index (κ3) is 4.32. The monoisotopic (exact) mass is 253 g/mol. The SMILES string of the molecule is CCC(C)(CO)NC(=O)C=Cc1ccc(C)s1. The minimum absolute atomic E-state index is 0.0544. The topological polar surface area (TPSA) is 49.3 Å². The second-order valence-electron chi connectivity index (χ2n) is 4.34. The fraction of sp³-hybridized carbons (Fsp3) is 0.462. The van der Waals surface area contributed by atoms with E-state index < -0.39 is 5.54 Å². The molecule has 0 radical (unpaired) electrons. The predicted octanol–water partition coefficient (Wildman–Crippen LogP) is 2.35. The smallest absolute Gasteiger partial charge is 0.244 e. The van der Waals surface area contributed by atoms with Crippen molar-refractivity contribution in [2.24, 2.45) is 0 Å². The molecule has 1 heterocycles. The average molecular weight is 253 g/mol. The Morgan fingerprint density at radius 3 is 2.76 bits per heavy atom. The highest BCUT2D eigenvalue weighted by atomic mass is 32.1. The first kappa shape index (κ1) is 13.9. The highest BCUT2D eigenvalue weighted by molar-refractivity contribution is 7.12. The lowest BCUT2D eigenvalue weighted by Crippen LogP contribution is -2.47. The van der Waals surface area contributed by atoms with Gasteiger partial charge in [-0.3, -0.25) is 4.79 Å². The van der Waals surface area contributed by atoms with Gasteiger partial charge < -0.3 is 10.4 Å². The Morgan fingerprint density at radius 2 is 2.29 bits per heavy atom. The van der Waals surface area contributed by atoms with Gasteiger partial charge in [-0.2, -0.15) is 0 Å². The molecule has 0 aliphatic carbocycles. The molecule has 2 N–H and O–H groups in total. The van der Waals surface area contributed by atoms with Gasteiger partial charge in [-0.05, 0) is 38.5 Å². The van der Waals surface area contributed by atoms with E-state index in [1.165, 1.54) is 11.0 Å². The van der Waals surface area contributed by atoms with E-state index in [0.29, 0.717) is 6.42 Å². The second kappa shape index (κ2) is 5.98. The molecule has 0 fully saturated rings. The van der Waals surface area contributed by atoms with E-state index in [4.69, 9.17) is 0 Å². The third-order valence-corrected chi connectivity index (χ3v) is 3.68. The van der Waals surface area contributed by atoms with Crippen molar-refractivity contribution >= 4 is 23.3 Å². The fourth-order valence-electron chi connectivity index (χ4n) is 1.28. The number of nitrogens with one attached hydrogen (secondary N) is 1. The molecule has 1 rings (SSSR count). The summed E-state index contributed by atoms with van der Waals surface area (Å²) in [5.41, 5.74) is -0.535. The molecule has 1 aromatic heterocycles. The van der Waals surface area contributed by atoms with Gasteiger partial charge in [0.2, 0.25) is 5.91 Å². The van der Waals surface area contributed by atoms with Gasteiger partial charge in [0.05, 0.1) is 12.1 Å². The molecule has 17 heavy (non-hydrogen) atoms. The molecular weight excluding hydrogens is 234 g/mol. The van der Waals surface area contributed by atoms with Crippen LogP contribution in [0.4, 0.5) is 0 Å². The summed E-state index contributed by atoms with van der Waals surface area (Å²) < 4.78 is 0. The molecule has 0 saturated carbocycles. The van der Waals surface area contributed by atoms with Crippen LogP contribution < -0.4 is 5.32 Å². The van der Waals surface area contributed by atoms with E-state index in [1.54, 1.807) is 17.4 Å². The van der Waals surface area contributed by atoms with Crippen molar-refractivity contribution in [2.45, 2.75) is 32.7 Å². The van der Waals surface area contributed by atoms with Crippen LogP contribution in [0.5, 0.6) is 0 Å². The predicted molar refractivity (Wildman–Crippen MR) is 72.0 cm³/mol. The number of rotatable bonds is 5. The van der Waals surface area contributed by atoms with Crippen molar-refractivity contribution in [3.8, 4) is 0 Å². The summed E-state index contributed by atoms with van der Waals surface area (Å²) in [6.45, 7) is 5.74. The minimum atomic E-state index is -0.535. The van der Waals surface area contributed by atoms with Crippen LogP contribution >= 0.6 is 11.3 Å². The fourth-order valence-corrected chi connectivity index (χ4v) is 2.06. The van der Waals surface area contributed by atoms with Gasteiger partial charge >= 0.3 is 0 Å².